The summed E-state index contributed by atoms with van der Waals surface area (Å²) >= 11 is 0. The molecule has 1 amide bonds. The molecular formula is C15H13N3O. The van der Waals surface area contributed by atoms with E-state index in [1.54, 1.807) is 17.3 Å². The van der Waals surface area contributed by atoms with Crippen LogP contribution >= 0.6 is 0 Å². The molecule has 0 fully saturated rings. The molecule has 1 aromatic heterocycles. The maximum atomic E-state index is 12.1. The highest BCUT2D eigenvalue weighted by Crippen LogP contribution is 2.24. The first-order valence-electron chi connectivity index (χ1n) is 6.13. The number of para-hydroxylation sites is 1. The van der Waals surface area contributed by atoms with Crippen LogP contribution in [0, 0.1) is 0 Å². The van der Waals surface area contributed by atoms with Crippen LogP contribution in [0.5, 0.6) is 0 Å². The molecule has 0 N–H and O–H groups in total. The number of carbonyl (C=O) groups is 1. The number of hydrogen-bond donors (Lipinski definition) is 0. The number of anilines is 1. The van der Waals surface area contributed by atoms with Gasteiger partial charge in [-0.2, -0.15) is 0 Å². The Bertz CT molecular complexity index is 622. The van der Waals surface area contributed by atoms with E-state index in [0.717, 1.165) is 16.8 Å². The summed E-state index contributed by atoms with van der Waals surface area (Å²) in [6.45, 7) is 1.06. The van der Waals surface area contributed by atoms with Crippen LogP contribution in [0.4, 0.5) is 5.69 Å². The third-order valence-corrected chi connectivity index (χ3v) is 3.08. The predicted octanol–water partition coefficient (Wildman–Crippen LogP) is 2.20. The number of aromatic nitrogens is 1. The molecule has 94 valence electrons. The Morgan fingerprint density at radius 3 is 2.89 bits per heavy atom. The number of carbonyl (C=O) groups excluding carboxylic acids is 1. The highest BCUT2D eigenvalue weighted by Gasteiger charge is 2.19. The minimum atomic E-state index is -0.0891. The van der Waals surface area contributed by atoms with Gasteiger partial charge in [0.1, 0.15) is 0 Å². The van der Waals surface area contributed by atoms with Gasteiger partial charge in [0.25, 0.3) is 5.91 Å². The second-order valence-corrected chi connectivity index (χ2v) is 4.38. The van der Waals surface area contributed by atoms with E-state index < -0.39 is 0 Å². The molecule has 4 nitrogen and oxygen atoms in total. The number of rotatable bonds is 2. The first-order valence-corrected chi connectivity index (χ1v) is 6.13. The van der Waals surface area contributed by atoms with Crippen LogP contribution in [0.1, 0.15) is 11.1 Å². The summed E-state index contributed by atoms with van der Waals surface area (Å²) in [6.07, 6.45) is 4.90. The quantitative estimate of drug-likeness (QED) is 0.821. The Morgan fingerprint density at radius 1 is 1.16 bits per heavy atom. The van der Waals surface area contributed by atoms with Crippen LogP contribution in [-0.2, 0) is 17.9 Å². The van der Waals surface area contributed by atoms with Gasteiger partial charge in [-0.15, -0.1) is 0 Å². The SMILES string of the molecule is O=C1C=NCc2ccccc2N1Cc1cccnc1. The Hall–Kier alpha value is -2.49. The van der Waals surface area contributed by atoms with Crippen molar-refractivity contribution in [3.8, 4) is 0 Å². The van der Waals surface area contributed by atoms with Gasteiger partial charge in [-0.1, -0.05) is 24.3 Å². The highest BCUT2D eigenvalue weighted by molar-refractivity contribution is 6.33. The molecule has 1 aliphatic heterocycles. The fourth-order valence-corrected chi connectivity index (χ4v) is 2.16. The van der Waals surface area contributed by atoms with Crippen LogP contribution in [-0.4, -0.2) is 17.1 Å². The van der Waals surface area contributed by atoms with Gasteiger partial charge in [-0.25, -0.2) is 0 Å². The van der Waals surface area contributed by atoms with E-state index >= 15 is 0 Å². The summed E-state index contributed by atoms with van der Waals surface area (Å²) in [4.78, 5) is 22.1. The summed E-state index contributed by atoms with van der Waals surface area (Å²) in [5.74, 6) is -0.0891. The van der Waals surface area contributed by atoms with Crippen molar-refractivity contribution in [2.45, 2.75) is 13.1 Å². The Kier molecular flexibility index (Phi) is 3.06. The Morgan fingerprint density at radius 2 is 2.05 bits per heavy atom. The molecule has 0 aliphatic carbocycles. The minimum Gasteiger partial charge on any atom is -0.303 e. The molecule has 0 radical (unpaired) electrons. The molecule has 4 heteroatoms. The summed E-state index contributed by atoms with van der Waals surface area (Å²) < 4.78 is 0. The average molecular weight is 251 g/mol. The van der Waals surface area contributed by atoms with Gasteiger partial charge < -0.3 is 4.90 Å². The summed E-state index contributed by atoms with van der Waals surface area (Å²) in [5.41, 5.74) is 2.99. The van der Waals surface area contributed by atoms with Gasteiger partial charge in [-0.3, -0.25) is 14.8 Å². The first kappa shape index (κ1) is 11.6. The highest BCUT2D eigenvalue weighted by atomic mass is 16.2. The third-order valence-electron chi connectivity index (χ3n) is 3.08. The lowest BCUT2D eigenvalue weighted by Crippen LogP contribution is -2.31. The van der Waals surface area contributed by atoms with Crippen LogP contribution in [0.3, 0.4) is 0 Å². The van der Waals surface area contributed by atoms with Crippen molar-refractivity contribution in [1.82, 2.24) is 4.98 Å². The van der Waals surface area contributed by atoms with E-state index in [4.69, 9.17) is 0 Å². The second-order valence-electron chi connectivity index (χ2n) is 4.38. The topological polar surface area (TPSA) is 45.6 Å². The van der Waals surface area contributed by atoms with E-state index in [0.29, 0.717) is 13.1 Å². The predicted molar refractivity (Wildman–Crippen MR) is 74.1 cm³/mol. The van der Waals surface area contributed by atoms with Crippen LogP contribution in [0.15, 0.2) is 53.8 Å². The van der Waals surface area contributed by atoms with Crippen LogP contribution in [0.2, 0.25) is 0 Å². The number of hydrogen-bond acceptors (Lipinski definition) is 3. The van der Waals surface area contributed by atoms with Crippen molar-refractivity contribution >= 4 is 17.8 Å². The molecule has 0 saturated heterocycles. The zero-order chi connectivity index (χ0) is 13.1. The van der Waals surface area contributed by atoms with Crippen molar-refractivity contribution in [1.29, 1.82) is 0 Å². The summed E-state index contributed by atoms with van der Waals surface area (Å²) in [5, 5.41) is 0. The molecule has 0 spiro atoms. The number of amides is 1. The average Bonchev–Trinajstić information content (AvgIpc) is 2.61. The molecule has 0 unspecified atom stereocenters. The lowest BCUT2D eigenvalue weighted by molar-refractivity contribution is -0.112. The van der Waals surface area contributed by atoms with Crippen molar-refractivity contribution in [3.63, 3.8) is 0 Å². The van der Waals surface area contributed by atoms with E-state index in [9.17, 15) is 4.79 Å². The van der Waals surface area contributed by atoms with Gasteiger partial charge in [-0.05, 0) is 23.3 Å². The molecule has 3 rings (SSSR count). The van der Waals surface area contributed by atoms with Crippen LogP contribution < -0.4 is 4.90 Å². The Balaban J connectivity index is 1.99. The maximum absolute atomic E-state index is 12.1. The monoisotopic (exact) mass is 251 g/mol. The van der Waals surface area contributed by atoms with Crippen molar-refractivity contribution < 1.29 is 4.79 Å². The molecule has 2 aromatic rings. The molecular weight excluding hydrogens is 238 g/mol. The fraction of sp³-hybridized carbons (Fsp3) is 0.133. The number of aliphatic imine (C=N–C) groups is 1. The number of fused-ring (bicyclic) bond motifs is 1. The summed E-state index contributed by atoms with van der Waals surface area (Å²) in [6, 6.07) is 11.7. The van der Waals surface area contributed by atoms with Crippen molar-refractivity contribution in [3.05, 3.63) is 59.9 Å². The normalized spacial score (nSPS) is 14.1. The van der Waals surface area contributed by atoms with E-state index in [1.165, 1.54) is 6.21 Å². The third kappa shape index (κ3) is 2.38. The van der Waals surface area contributed by atoms with Crippen LogP contribution in [0.25, 0.3) is 0 Å². The number of benzene rings is 1. The van der Waals surface area contributed by atoms with Gasteiger partial charge in [0.05, 0.1) is 19.3 Å². The standard InChI is InChI=1S/C15H13N3O/c19-15-10-17-9-13-5-1-2-6-14(13)18(15)11-12-4-3-7-16-8-12/h1-8,10H,9,11H2. The second kappa shape index (κ2) is 5.02. The number of nitrogens with zero attached hydrogens (tertiary/aromatic N) is 3. The van der Waals surface area contributed by atoms with Gasteiger partial charge in [0.15, 0.2) is 0 Å². The van der Waals surface area contributed by atoms with Crippen molar-refractivity contribution in [2.75, 3.05) is 4.90 Å². The zero-order valence-electron chi connectivity index (χ0n) is 10.4. The van der Waals surface area contributed by atoms with Gasteiger partial charge in [0, 0.05) is 18.1 Å². The lowest BCUT2D eigenvalue weighted by atomic mass is 10.1. The molecule has 0 saturated carbocycles. The molecule has 1 aromatic carbocycles. The lowest BCUT2D eigenvalue weighted by Gasteiger charge is -2.21. The molecule has 19 heavy (non-hydrogen) atoms. The largest absolute Gasteiger partial charge is 0.303 e. The summed E-state index contributed by atoms with van der Waals surface area (Å²) in [7, 11) is 0. The first-order chi connectivity index (χ1) is 9.34. The number of pyridine rings is 1. The molecule has 0 atom stereocenters. The fourth-order valence-electron chi connectivity index (χ4n) is 2.16. The van der Waals surface area contributed by atoms with E-state index in [2.05, 4.69) is 9.98 Å². The van der Waals surface area contributed by atoms with Gasteiger partial charge in [0.2, 0.25) is 0 Å². The van der Waals surface area contributed by atoms with E-state index in [1.807, 2.05) is 36.4 Å². The van der Waals surface area contributed by atoms with Gasteiger partial charge >= 0.3 is 0 Å². The maximum Gasteiger partial charge on any atom is 0.269 e. The Labute approximate surface area is 111 Å². The zero-order valence-corrected chi connectivity index (χ0v) is 10.4. The molecule has 0 bridgehead atoms. The van der Waals surface area contributed by atoms with Crippen molar-refractivity contribution in [2.24, 2.45) is 4.99 Å². The smallest absolute Gasteiger partial charge is 0.269 e. The molecule has 1 aliphatic rings. The molecule has 2 heterocycles. The minimum absolute atomic E-state index is 0.0891. The van der Waals surface area contributed by atoms with E-state index in [-0.39, 0.29) is 5.91 Å².